The quantitative estimate of drug-likeness (QED) is 0.519. The van der Waals surface area contributed by atoms with Crippen LogP contribution in [-0.2, 0) is 4.79 Å². The molecule has 0 saturated carbocycles. The maximum absolute atomic E-state index is 11.2. The molecule has 2 aromatic rings. The Bertz CT molecular complexity index is 846. The number of nitrogens with one attached hydrogen (secondary N) is 1. The van der Waals surface area contributed by atoms with Crippen LogP contribution in [0.25, 0.3) is 0 Å². The Kier molecular flexibility index (Phi) is 8.10. The molecular weight excluding hydrogens is 406 g/mol. The number of hydrogen-bond donors (Lipinski definition) is 2. The summed E-state index contributed by atoms with van der Waals surface area (Å²) < 4.78 is 23.0. The number of ether oxygens (including phenoxy) is 4. The van der Waals surface area contributed by atoms with Crippen molar-refractivity contribution in [1.29, 1.82) is 0 Å². The van der Waals surface area contributed by atoms with E-state index in [1.54, 1.807) is 11.8 Å². The van der Waals surface area contributed by atoms with E-state index in [1.165, 1.54) is 0 Å². The second kappa shape index (κ2) is 11.0. The topological polar surface area (TPSA) is 86.2 Å². The SMILES string of the molecule is CCOc1ccccc1OCCOc1ccc(C2NC(C(=O)O)CS2)cc1OCC. The molecule has 1 fully saturated rings. The number of carboxylic acid groups (broad SMARTS) is 1. The van der Waals surface area contributed by atoms with Crippen LogP contribution in [-0.4, -0.2) is 49.3 Å². The van der Waals surface area contributed by atoms with Crippen molar-refractivity contribution in [3.05, 3.63) is 48.0 Å². The van der Waals surface area contributed by atoms with Crippen molar-refractivity contribution in [2.45, 2.75) is 25.3 Å². The average Bonchev–Trinajstić information content (AvgIpc) is 3.24. The van der Waals surface area contributed by atoms with E-state index in [-0.39, 0.29) is 5.37 Å². The molecule has 8 heteroatoms. The highest BCUT2D eigenvalue weighted by Gasteiger charge is 2.30. The molecule has 0 aromatic heterocycles. The molecule has 0 aliphatic carbocycles. The van der Waals surface area contributed by atoms with Gasteiger partial charge in [0.15, 0.2) is 23.0 Å². The van der Waals surface area contributed by atoms with Crippen LogP contribution in [0.5, 0.6) is 23.0 Å². The van der Waals surface area contributed by atoms with E-state index in [4.69, 9.17) is 18.9 Å². The van der Waals surface area contributed by atoms with Crippen LogP contribution in [0.1, 0.15) is 24.8 Å². The van der Waals surface area contributed by atoms with E-state index in [0.29, 0.717) is 55.2 Å². The number of hydrogen-bond acceptors (Lipinski definition) is 7. The summed E-state index contributed by atoms with van der Waals surface area (Å²) in [6.45, 7) is 5.62. The minimum Gasteiger partial charge on any atom is -0.490 e. The molecule has 2 N–H and O–H groups in total. The molecule has 1 heterocycles. The van der Waals surface area contributed by atoms with E-state index < -0.39 is 12.0 Å². The summed E-state index contributed by atoms with van der Waals surface area (Å²) in [5.74, 6) is 2.34. The highest BCUT2D eigenvalue weighted by atomic mass is 32.2. The Morgan fingerprint density at radius 3 is 2.17 bits per heavy atom. The van der Waals surface area contributed by atoms with E-state index in [0.717, 1.165) is 5.56 Å². The van der Waals surface area contributed by atoms with Crippen molar-refractivity contribution in [2.75, 3.05) is 32.2 Å². The summed E-state index contributed by atoms with van der Waals surface area (Å²) in [5, 5.41) is 12.2. The molecule has 2 aromatic carbocycles. The van der Waals surface area contributed by atoms with Gasteiger partial charge in [0.2, 0.25) is 0 Å². The highest BCUT2D eigenvalue weighted by molar-refractivity contribution is 7.99. The summed E-state index contributed by atoms with van der Waals surface area (Å²) in [7, 11) is 0. The predicted molar refractivity (Wildman–Crippen MR) is 116 cm³/mol. The maximum Gasteiger partial charge on any atom is 0.321 e. The molecule has 1 aliphatic heterocycles. The molecule has 0 bridgehead atoms. The Balaban J connectivity index is 1.59. The maximum atomic E-state index is 11.2. The van der Waals surface area contributed by atoms with Crippen molar-refractivity contribution >= 4 is 17.7 Å². The van der Waals surface area contributed by atoms with Crippen LogP contribution >= 0.6 is 11.8 Å². The van der Waals surface area contributed by atoms with Gasteiger partial charge in [-0.15, -0.1) is 11.8 Å². The van der Waals surface area contributed by atoms with Gasteiger partial charge < -0.3 is 24.1 Å². The van der Waals surface area contributed by atoms with Gasteiger partial charge >= 0.3 is 5.97 Å². The van der Waals surface area contributed by atoms with E-state index in [9.17, 15) is 9.90 Å². The fourth-order valence-electron chi connectivity index (χ4n) is 3.03. The second-order valence-electron chi connectivity index (χ2n) is 6.49. The third-order valence-corrected chi connectivity index (χ3v) is 5.67. The molecule has 0 radical (unpaired) electrons. The van der Waals surface area contributed by atoms with Crippen LogP contribution in [0.4, 0.5) is 0 Å². The number of rotatable bonds is 11. The number of carbonyl (C=O) groups is 1. The monoisotopic (exact) mass is 433 g/mol. The van der Waals surface area contributed by atoms with Crippen LogP contribution in [0.3, 0.4) is 0 Å². The van der Waals surface area contributed by atoms with Crippen LogP contribution in [0.15, 0.2) is 42.5 Å². The first-order valence-corrected chi connectivity index (χ1v) is 11.0. The van der Waals surface area contributed by atoms with Crippen LogP contribution in [0.2, 0.25) is 0 Å². The van der Waals surface area contributed by atoms with Gasteiger partial charge in [0.1, 0.15) is 19.3 Å². The summed E-state index contributed by atoms with van der Waals surface area (Å²) >= 11 is 1.57. The zero-order chi connectivity index (χ0) is 21.3. The number of carboxylic acids is 1. The zero-order valence-corrected chi connectivity index (χ0v) is 17.9. The summed E-state index contributed by atoms with van der Waals surface area (Å²) in [6.07, 6.45) is 0. The molecule has 3 rings (SSSR count). The van der Waals surface area contributed by atoms with Gasteiger partial charge in [-0.05, 0) is 43.7 Å². The Morgan fingerprint density at radius 2 is 1.57 bits per heavy atom. The second-order valence-corrected chi connectivity index (χ2v) is 7.62. The molecule has 2 unspecified atom stereocenters. The standard InChI is InChI=1S/C22H27NO6S/c1-3-26-17-7-5-6-8-18(17)28-11-12-29-19-10-9-15(13-20(19)27-4-2)21-23-16(14-30-21)22(24)25/h5-10,13,16,21,23H,3-4,11-12,14H2,1-2H3,(H,24,25). The van der Waals surface area contributed by atoms with Gasteiger partial charge in [0.25, 0.3) is 0 Å². The Morgan fingerprint density at radius 1 is 0.967 bits per heavy atom. The number of thioether (sulfide) groups is 1. The molecule has 7 nitrogen and oxygen atoms in total. The lowest BCUT2D eigenvalue weighted by atomic mass is 10.2. The van der Waals surface area contributed by atoms with Crippen molar-refractivity contribution < 1.29 is 28.8 Å². The highest BCUT2D eigenvalue weighted by Crippen LogP contribution is 2.37. The van der Waals surface area contributed by atoms with Gasteiger partial charge in [-0.2, -0.15) is 0 Å². The molecule has 1 aliphatic rings. The normalized spacial score (nSPS) is 18.1. The Hall–Kier alpha value is -2.58. The molecule has 162 valence electrons. The van der Waals surface area contributed by atoms with Gasteiger partial charge in [-0.25, -0.2) is 0 Å². The van der Waals surface area contributed by atoms with Crippen molar-refractivity contribution in [3.63, 3.8) is 0 Å². The number of benzene rings is 2. The lowest BCUT2D eigenvalue weighted by molar-refractivity contribution is -0.138. The lowest BCUT2D eigenvalue weighted by Crippen LogP contribution is -2.33. The molecule has 30 heavy (non-hydrogen) atoms. The fraction of sp³-hybridized carbons (Fsp3) is 0.409. The fourth-order valence-corrected chi connectivity index (χ4v) is 4.25. The Labute approximate surface area is 180 Å². The average molecular weight is 434 g/mol. The minimum atomic E-state index is -0.833. The van der Waals surface area contributed by atoms with Gasteiger partial charge in [0, 0.05) is 5.75 Å². The molecule has 2 atom stereocenters. The van der Waals surface area contributed by atoms with Crippen molar-refractivity contribution in [1.82, 2.24) is 5.32 Å². The first kappa shape index (κ1) is 22.1. The predicted octanol–water partition coefficient (Wildman–Crippen LogP) is 3.73. The first-order chi connectivity index (χ1) is 14.6. The third kappa shape index (κ3) is 5.73. The van der Waals surface area contributed by atoms with Crippen LogP contribution < -0.4 is 24.3 Å². The summed E-state index contributed by atoms with van der Waals surface area (Å²) in [5.41, 5.74) is 0.960. The zero-order valence-electron chi connectivity index (χ0n) is 17.1. The van der Waals surface area contributed by atoms with E-state index in [1.807, 2.05) is 56.3 Å². The van der Waals surface area contributed by atoms with E-state index in [2.05, 4.69) is 5.32 Å². The largest absolute Gasteiger partial charge is 0.490 e. The smallest absolute Gasteiger partial charge is 0.321 e. The summed E-state index contributed by atoms with van der Waals surface area (Å²) in [6, 6.07) is 12.7. The molecule has 0 spiro atoms. The van der Waals surface area contributed by atoms with Gasteiger partial charge in [0.05, 0.1) is 18.6 Å². The number of para-hydroxylation sites is 2. The molecule has 0 amide bonds. The molecular formula is C22H27NO6S. The number of aliphatic carboxylic acids is 1. The summed E-state index contributed by atoms with van der Waals surface area (Å²) in [4.78, 5) is 11.2. The van der Waals surface area contributed by atoms with Gasteiger partial charge in [-0.3, -0.25) is 10.1 Å². The van der Waals surface area contributed by atoms with Gasteiger partial charge in [-0.1, -0.05) is 18.2 Å². The minimum absolute atomic E-state index is 0.0854. The van der Waals surface area contributed by atoms with E-state index >= 15 is 0 Å². The lowest BCUT2D eigenvalue weighted by Gasteiger charge is -2.17. The molecule has 1 saturated heterocycles. The first-order valence-electron chi connectivity index (χ1n) is 9.97. The third-order valence-electron chi connectivity index (χ3n) is 4.40. The van der Waals surface area contributed by atoms with Crippen molar-refractivity contribution in [3.8, 4) is 23.0 Å². The van der Waals surface area contributed by atoms with Crippen molar-refractivity contribution in [2.24, 2.45) is 0 Å². The van der Waals surface area contributed by atoms with Crippen LogP contribution in [0, 0.1) is 0 Å².